The summed E-state index contributed by atoms with van der Waals surface area (Å²) in [6.45, 7) is 1.89. The van der Waals surface area contributed by atoms with Crippen molar-refractivity contribution < 1.29 is 9.90 Å². The van der Waals surface area contributed by atoms with Crippen LogP contribution in [0.25, 0.3) is 0 Å². The van der Waals surface area contributed by atoms with Gasteiger partial charge in [0.15, 0.2) is 0 Å². The zero-order valence-corrected chi connectivity index (χ0v) is 11.6. The van der Waals surface area contributed by atoms with Crippen LogP contribution in [0.1, 0.15) is 36.0 Å². The Labute approximate surface area is 118 Å². The minimum absolute atomic E-state index is 0.328. The van der Waals surface area contributed by atoms with E-state index in [0.29, 0.717) is 10.6 Å². The lowest BCUT2D eigenvalue weighted by atomic mass is 10.1. The second-order valence-electron chi connectivity index (χ2n) is 5.73. The molecule has 0 atom stereocenters. The van der Waals surface area contributed by atoms with Gasteiger partial charge in [0.2, 0.25) is 0 Å². The van der Waals surface area contributed by atoms with Crippen LogP contribution in [-0.4, -0.2) is 24.2 Å². The first-order chi connectivity index (χ1) is 9.15. The molecule has 0 saturated heterocycles. The number of carboxylic acids is 1. The number of halogens is 1. The molecule has 2 aliphatic rings. The van der Waals surface area contributed by atoms with Gasteiger partial charge in [0.1, 0.15) is 0 Å². The average Bonchev–Trinajstić information content (AvgIpc) is 3.23. The summed E-state index contributed by atoms with van der Waals surface area (Å²) in [5.41, 5.74) is 1.05. The SMILES string of the molecule is O=C(O)c1cccc(Cl)c1N(CC1CC1)CC1CC1. The Balaban J connectivity index is 1.92. The van der Waals surface area contributed by atoms with Crippen LogP contribution in [0.2, 0.25) is 5.02 Å². The number of carbonyl (C=O) groups is 1. The Morgan fingerprint density at radius 3 is 2.26 bits per heavy atom. The summed E-state index contributed by atoms with van der Waals surface area (Å²) in [6, 6.07) is 5.15. The second-order valence-corrected chi connectivity index (χ2v) is 6.14. The first-order valence-corrected chi connectivity index (χ1v) is 7.29. The fraction of sp³-hybridized carbons (Fsp3) is 0.533. The zero-order valence-electron chi connectivity index (χ0n) is 10.8. The van der Waals surface area contributed by atoms with Crippen LogP contribution >= 0.6 is 11.6 Å². The highest BCUT2D eigenvalue weighted by molar-refractivity contribution is 6.34. The molecule has 3 rings (SSSR count). The lowest BCUT2D eigenvalue weighted by molar-refractivity contribution is 0.0697. The first-order valence-electron chi connectivity index (χ1n) is 6.92. The van der Waals surface area contributed by atoms with Gasteiger partial charge in [-0.15, -0.1) is 0 Å². The maximum absolute atomic E-state index is 11.4. The van der Waals surface area contributed by atoms with E-state index in [-0.39, 0.29) is 0 Å². The van der Waals surface area contributed by atoms with Gasteiger partial charge in [-0.1, -0.05) is 17.7 Å². The van der Waals surface area contributed by atoms with Crippen molar-refractivity contribution in [3.63, 3.8) is 0 Å². The number of nitrogens with zero attached hydrogens (tertiary/aromatic N) is 1. The van der Waals surface area contributed by atoms with E-state index in [0.717, 1.165) is 30.6 Å². The van der Waals surface area contributed by atoms with Crippen molar-refractivity contribution in [2.45, 2.75) is 25.7 Å². The van der Waals surface area contributed by atoms with E-state index in [1.807, 2.05) is 0 Å². The van der Waals surface area contributed by atoms with Gasteiger partial charge >= 0.3 is 5.97 Å². The fourth-order valence-electron chi connectivity index (χ4n) is 2.49. The standard InChI is InChI=1S/C15H18ClNO2/c16-13-3-1-2-12(15(18)19)14(13)17(8-10-4-5-10)9-11-6-7-11/h1-3,10-11H,4-9H2,(H,18,19). The van der Waals surface area contributed by atoms with Gasteiger partial charge in [-0.05, 0) is 49.7 Å². The quantitative estimate of drug-likeness (QED) is 0.864. The average molecular weight is 280 g/mol. The number of anilines is 1. The van der Waals surface area contributed by atoms with Gasteiger partial charge in [0, 0.05) is 13.1 Å². The van der Waals surface area contributed by atoms with Gasteiger partial charge in [0.05, 0.1) is 16.3 Å². The van der Waals surface area contributed by atoms with Crippen molar-refractivity contribution in [3.8, 4) is 0 Å². The predicted octanol–water partition coefficient (Wildman–Crippen LogP) is 3.66. The van der Waals surface area contributed by atoms with Crippen molar-refractivity contribution in [1.29, 1.82) is 0 Å². The Hall–Kier alpha value is -1.22. The van der Waals surface area contributed by atoms with Crippen LogP contribution in [0.15, 0.2) is 18.2 Å². The zero-order chi connectivity index (χ0) is 13.4. The molecule has 2 aliphatic carbocycles. The third-order valence-corrected chi connectivity index (χ3v) is 4.19. The molecule has 0 bridgehead atoms. The molecule has 19 heavy (non-hydrogen) atoms. The van der Waals surface area contributed by atoms with Crippen molar-refractivity contribution in [2.24, 2.45) is 11.8 Å². The summed E-state index contributed by atoms with van der Waals surface area (Å²) in [4.78, 5) is 13.6. The highest BCUT2D eigenvalue weighted by Gasteiger charge is 2.31. The third kappa shape index (κ3) is 3.03. The van der Waals surface area contributed by atoms with Crippen LogP contribution < -0.4 is 4.90 Å². The number of carboxylic acid groups (broad SMARTS) is 1. The highest BCUT2D eigenvalue weighted by Crippen LogP contribution is 2.39. The lowest BCUT2D eigenvalue weighted by Crippen LogP contribution is -2.30. The molecule has 102 valence electrons. The van der Waals surface area contributed by atoms with E-state index >= 15 is 0 Å². The number of hydrogen-bond donors (Lipinski definition) is 1. The van der Waals surface area contributed by atoms with E-state index in [1.165, 1.54) is 25.7 Å². The van der Waals surface area contributed by atoms with Crippen LogP contribution in [0.4, 0.5) is 5.69 Å². The van der Waals surface area contributed by atoms with Crippen LogP contribution in [0.3, 0.4) is 0 Å². The summed E-state index contributed by atoms with van der Waals surface area (Å²) in [5.74, 6) is 0.544. The molecule has 2 fully saturated rings. The minimum atomic E-state index is -0.894. The number of hydrogen-bond acceptors (Lipinski definition) is 2. The lowest BCUT2D eigenvalue weighted by Gasteiger charge is -2.27. The molecule has 3 nitrogen and oxygen atoms in total. The molecular weight excluding hydrogens is 262 g/mol. The van der Waals surface area contributed by atoms with Gasteiger partial charge < -0.3 is 10.0 Å². The number of para-hydroxylation sites is 1. The minimum Gasteiger partial charge on any atom is -0.478 e. The molecule has 2 saturated carbocycles. The summed E-state index contributed by atoms with van der Waals surface area (Å²) in [6.07, 6.45) is 5.03. The molecule has 1 aromatic rings. The Kier molecular flexibility index (Phi) is 3.40. The summed E-state index contributed by atoms with van der Waals surface area (Å²) < 4.78 is 0. The molecular formula is C15H18ClNO2. The van der Waals surface area contributed by atoms with Crippen molar-refractivity contribution in [3.05, 3.63) is 28.8 Å². The maximum atomic E-state index is 11.4. The molecule has 0 radical (unpaired) electrons. The van der Waals surface area contributed by atoms with E-state index in [9.17, 15) is 9.90 Å². The second kappa shape index (κ2) is 5.04. The Morgan fingerprint density at radius 2 is 1.79 bits per heavy atom. The Morgan fingerprint density at radius 1 is 1.21 bits per heavy atom. The van der Waals surface area contributed by atoms with Gasteiger partial charge in [-0.3, -0.25) is 0 Å². The fourth-order valence-corrected chi connectivity index (χ4v) is 2.78. The molecule has 0 spiro atoms. The number of aromatic carboxylic acids is 1. The highest BCUT2D eigenvalue weighted by atomic mass is 35.5. The van der Waals surface area contributed by atoms with E-state index in [1.54, 1.807) is 18.2 Å². The third-order valence-electron chi connectivity index (χ3n) is 3.88. The summed E-state index contributed by atoms with van der Waals surface area (Å²) in [7, 11) is 0. The molecule has 0 amide bonds. The van der Waals surface area contributed by atoms with E-state index in [4.69, 9.17) is 11.6 Å². The smallest absolute Gasteiger partial charge is 0.337 e. The molecule has 0 unspecified atom stereocenters. The Bertz CT molecular complexity index is 481. The van der Waals surface area contributed by atoms with E-state index in [2.05, 4.69) is 4.90 Å². The molecule has 1 aromatic carbocycles. The number of rotatable bonds is 6. The summed E-state index contributed by atoms with van der Waals surface area (Å²) in [5, 5.41) is 9.91. The molecule has 4 heteroatoms. The normalized spacial score (nSPS) is 18.4. The summed E-state index contributed by atoms with van der Waals surface area (Å²) >= 11 is 6.27. The number of benzene rings is 1. The topological polar surface area (TPSA) is 40.5 Å². The van der Waals surface area contributed by atoms with Gasteiger partial charge in [0.25, 0.3) is 0 Å². The van der Waals surface area contributed by atoms with Gasteiger partial charge in [-0.25, -0.2) is 4.79 Å². The van der Waals surface area contributed by atoms with Crippen LogP contribution in [0, 0.1) is 11.8 Å². The predicted molar refractivity (Wildman–Crippen MR) is 76.1 cm³/mol. The molecule has 0 heterocycles. The first kappa shape index (κ1) is 12.8. The van der Waals surface area contributed by atoms with Crippen molar-refractivity contribution >= 4 is 23.3 Å². The maximum Gasteiger partial charge on any atom is 0.337 e. The van der Waals surface area contributed by atoms with Gasteiger partial charge in [-0.2, -0.15) is 0 Å². The monoisotopic (exact) mass is 279 g/mol. The van der Waals surface area contributed by atoms with Crippen LogP contribution in [-0.2, 0) is 0 Å². The van der Waals surface area contributed by atoms with Crippen molar-refractivity contribution in [2.75, 3.05) is 18.0 Å². The van der Waals surface area contributed by atoms with Crippen molar-refractivity contribution in [1.82, 2.24) is 0 Å². The van der Waals surface area contributed by atoms with Crippen LogP contribution in [0.5, 0.6) is 0 Å². The molecule has 0 aromatic heterocycles. The molecule has 0 aliphatic heterocycles. The largest absolute Gasteiger partial charge is 0.478 e. The van der Waals surface area contributed by atoms with E-state index < -0.39 is 5.97 Å². The molecule has 1 N–H and O–H groups in total.